The van der Waals surface area contributed by atoms with Crippen molar-refractivity contribution in [3.8, 4) is 0 Å². The van der Waals surface area contributed by atoms with Gasteiger partial charge in [0.05, 0.1) is 17.4 Å². The lowest BCUT2D eigenvalue weighted by Crippen LogP contribution is -2.45. The van der Waals surface area contributed by atoms with Crippen LogP contribution >= 0.6 is 0 Å². The molecular formula is C15H14F3N3O2. The van der Waals surface area contributed by atoms with Gasteiger partial charge in [-0.3, -0.25) is 15.2 Å². The van der Waals surface area contributed by atoms with Crippen molar-refractivity contribution in [2.45, 2.75) is 25.9 Å². The number of carbonyl (C=O) groups is 1. The predicted octanol–water partition coefficient (Wildman–Crippen LogP) is 3.10. The molecule has 0 aliphatic carbocycles. The standard InChI is InChI=1S/C15H14F3N3O2/c1-9-12(8-19-23-9)14(22)20-21-6-2-3-10-4-5-11(7-13(10)21)15(16,17)18/h4-5,7-8H,2-3,6H2,1H3,(H,20,22). The van der Waals surface area contributed by atoms with Crippen LogP contribution < -0.4 is 10.4 Å². The number of halogens is 3. The summed E-state index contributed by atoms with van der Waals surface area (Å²) in [6, 6.07) is 3.59. The molecule has 0 spiro atoms. The molecule has 3 rings (SSSR count). The van der Waals surface area contributed by atoms with Crippen LogP contribution in [-0.2, 0) is 12.6 Å². The highest BCUT2D eigenvalue weighted by atomic mass is 19.4. The smallest absolute Gasteiger partial charge is 0.361 e. The Morgan fingerprint density at radius 2 is 2.17 bits per heavy atom. The lowest BCUT2D eigenvalue weighted by atomic mass is 10.0. The van der Waals surface area contributed by atoms with Crippen molar-refractivity contribution >= 4 is 11.6 Å². The van der Waals surface area contributed by atoms with Gasteiger partial charge in [-0.1, -0.05) is 11.2 Å². The minimum Gasteiger partial charge on any atom is -0.361 e. The average molecular weight is 325 g/mol. The molecule has 0 unspecified atom stereocenters. The van der Waals surface area contributed by atoms with Crippen molar-refractivity contribution in [1.82, 2.24) is 10.6 Å². The van der Waals surface area contributed by atoms with Crippen molar-refractivity contribution in [3.63, 3.8) is 0 Å². The third kappa shape index (κ3) is 3.01. The first-order valence-corrected chi connectivity index (χ1v) is 7.06. The number of benzene rings is 1. The molecule has 1 aliphatic rings. The van der Waals surface area contributed by atoms with Crippen molar-refractivity contribution < 1.29 is 22.5 Å². The number of fused-ring (bicyclic) bond motifs is 1. The van der Waals surface area contributed by atoms with Crippen molar-refractivity contribution in [2.75, 3.05) is 11.6 Å². The Balaban J connectivity index is 1.89. The molecule has 23 heavy (non-hydrogen) atoms. The molecule has 2 heterocycles. The molecule has 1 aromatic carbocycles. The van der Waals surface area contributed by atoms with E-state index in [0.717, 1.165) is 24.1 Å². The summed E-state index contributed by atoms with van der Waals surface area (Å²) in [6.45, 7) is 2.03. The third-order valence-electron chi connectivity index (χ3n) is 3.76. The number of amides is 1. The molecule has 1 N–H and O–H groups in total. The van der Waals surface area contributed by atoms with E-state index >= 15 is 0 Å². The second kappa shape index (κ2) is 5.60. The number of nitrogens with zero attached hydrogens (tertiary/aromatic N) is 2. The Kier molecular flexibility index (Phi) is 3.75. The number of carbonyl (C=O) groups excluding carboxylic acids is 1. The largest absolute Gasteiger partial charge is 0.416 e. The number of anilines is 1. The minimum atomic E-state index is -4.42. The van der Waals surface area contributed by atoms with E-state index in [9.17, 15) is 18.0 Å². The predicted molar refractivity (Wildman–Crippen MR) is 75.8 cm³/mol. The SMILES string of the molecule is Cc1oncc1C(=O)NN1CCCc2ccc(C(F)(F)F)cc21. The molecule has 0 bridgehead atoms. The number of aryl methyl sites for hydroxylation is 2. The minimum absolute atomic E-state index is 0.254. The number of hydrazine groups is 1. The van der Waals surface area contributed by atoms with Gasteiger partial charge in [-0.25, -0.2) is 0 Å². The van der Waals surface area contributed by atoms with Crippen molar-refractivity contribution in [3.05, 3.63) is 46.8 Å². The zero-order chi connectivity index (χ0) is 16.6. The fourth-order valence-corrected chi connectivity index (χ4v) is 2.57. The van der Waals surface area contributed by atoms with E-state index < -0.39 is 17.6 Å². The van der Waals surface area contributed by atoms with Crippen molar-refractivity contribution in [1.29, 1.82) is 0 Å². The lowest BCUT2D eigenvalue weighted by molar-refractivity contribution is -0.137. The average Bonchev–Trinajstić information content (AvgIpc) is 2.92. The Morgan fingerprint density at radius 1 is 1.39 bits per heavy atom. The van der Waals surface area contributed by atoms with Crippen LogP contribution in [0.2, 0.25) is 0 Å². The number of rotatable bonds is 2. The van der Waals surface area contributed by atoms with Crippen LogP contribution in [0.15, 0.2) is 28.9 Å². The van der Waals surface area contributed by atoms with Gasteiger partial charge in [0.25, 0.3) is 5.91 Å². The fraction of sp³-hybridized carbons (Fsp3) is 0.333. The first-order valence-electron chi connectivity index (χ1n) is 7.06. The fourth-order valence-electron chi connectivity index (χ4n) is 2.57. The van der Waals surface area contributed by atoms with Crippen molar-refractivity contribution in [2.24, 2.45) is 0 Å². The molecule has 0 radical (unpaired) electrons. The monoisotopic (exact) mass is 325 g/mol. The zero-order valence-corrected chi connectivity index (χ0v) is 12.3. The molecule has 0 atom stereocenters. The van der Waals surface area contributed by atoms with Crippen LogP contribution in [0.4, 0.5) is 18.9 Å². The van der Waals surface area contributed by atoms with E-state index in [4.69, 9.17) is 4.52 Å². The van der Waals surface area contributed by atoms with Gasteiger partial charge in [-0.2, -0.15) is 13.2 Å². The summed E-state index contributed by atoms with van der Waals surface area (Å²) >= 11 is 0. The summed E-state index contributed by atoms with van der Waals surface area (Å²) in [5, 5.41) is 4.97. The van der Waals surface area contributed by atoms with Gasteiger partial charge < -0.3 is 4.52 Å². The number of nitrogens with one attached hydrogen (secondary N) is 1. The first-order chi connectivity index (χ1) is 10.9. The summed E-state index contributed by atoms with van der Waals surface area (Å²) in [6.07, 6.45) is -1.73. The molecule has 5 nitrogen and oxygen atoms in total. The number of alkyl halides is 3. The Morgan fingerprint density at radius 3 is 2.83 bits per heavy atom. The van der Waals surface area contributed by atoms with Gasteiger partial charge in [-0.15, -0.1) is 0 Å². The number of hydrogen-bond acceptors (Lipinski definition) is 4. The normalized spacial score (nSPS) is 14.5. The van der Waals surface area contributed by atoms with Crippen LogP contribution in [0.3, 0.4) is 0 Å². The summed E-state index contributed by atoms with van der Waals surface area (Å²) in [7, 11) is 0. The molecule has 0 saturated carbocycles. The highest BCUT2D eigenvalue weighted by Crippen LogP contribution is 2.35. The topological polar surface area (TPSA) is 58.4 Å². The Bertz CT molecular complexity index is 740. The molecule has 1 amide bonds. The molecule has 1 aliphatic heterocycles. The molecule has 1 aromatic heterocycles. The molecular weight excluding hydrogens is 311 g/mol. The maximum absolute atomic E-state index is 12.9. The molecule has 0 saturated heterocycles. The molecule has 0 fully saturated rings. The molecule has 2 aromatic rings. The van der Waals surface area contributed by atoms with E-state index in [1.165, 1.54) is 17.3 Å². The van der Waals surface area contributed by atoms with Gasteiger partial charge in [0.15, 0.2) is 0 Å². The van der Waals surface area contributed by atoms with E-state index in [1.807, 2.05) is 0 Å². The quantitative estimate of drug-likeness (QED) is 0.922. The summed E-state index contributed by atoms with van der Waals surface area (Å²) in [4.78, 5) is 12.2. The van der Waals surface area contributed by atoms with E-state index in [1.54, 1.807) is 6.92 Å². The van der Waals surface area contributed by atoms with Crippen LogP contribution in [0.25, 0.3) is 0 Å². The van der Waals surface area contributed by atoms with E-state index in [-0.39, 0.29) is 5.56 Å². The van der Waals surface area contributed by atoms with Gasteiger partial charge in [0.1, 0.15) is 11.3 Å². The zero-order valence-electron chi connectivity index (χ0n) is 12.3. The maximum atomic E-state index is 12.9. The summed E-state index contributed by atoms with van der Waals surface area (Å²) in [5.41, 5.74) is 3.28. The molecule has 122 valence electrons. The first kappa shape index (κ1) is 15.4. The Hall–Kier alpha value is -2.51. The number of aromatic nitrogens is 1. The molecule has 8 heteroatoms. The maximum Gasteiger partial charge on any atom is 0.416 e. The van der Waals surface area contributed by atoms with Gasteiger partial charge >= 0.3 is 6.18 Å². The highest BCUT2D eigenvalue weighted by molar-refractivity contribution is 5.95. The Labute approximate surface area is 130 Å². The van der Waals surface area contributed by atoms with Gasteiger partial charge in [-0.05, 0) is 37.5 Å². The highest BCUT2D eigenvalue weighted by Gasteiger charge is 2.32. The second-order valence-electron chi connectivity index (χ2n) is 5.33. The van der Waals surface area contributed by atoms with Crippen LogP contribution in [0.1, 0.15) is 33.7 Å². The number of hydrogen-bond donors (Lipinski definition) is 1. The van der Waals surface area contributed by atoms with Crippen LogP contribution in [0.5, 0.6) is 0 Å². The summed E-state index contributed by atoms with van der Waals surface area (Å²) < 4.78 is 43.5. The summed E-state index contributed by atoms with van der Waals surface area (Å²) in [5.74, 6) is -0.113. The van der Waals surface area contributed by atoms with Gasteiger partial charge in [0, 0.05) is 6.54 Å². The van der Waals surface area contributed by atoms with Crippen LogP contribution in [0, 0.1) is 6.92 Å². The van der Waals surface area contributed by atoms with E-state index in [2.05, 4.69) is 10.6 Å². The van der Waals surface area contributed by atoms with E-state index in [0.29, 0.717) is 24.4 Å². The second-order valence-corrected chi connectivity index (χ2v) is 5.33. The lowest BCUT2D eigenvalue weighted by Gasteiger charge is -2.31. The van der Waals surface area contributed by atoms with Gasteiger partial charge in [0.2, 0.25) is 0 Å². The third-order valence-corrected chi connectivity index (χ3v) is 3.76. The van der Waals surface area contributed by atoms with Crippen LogP contribution in [-0.4, -0.2) is 17.6 Å².